The number of carbonyl (C=O) groups excluding carboxylic acids is 1. The molecule has 4 aromatic rings. The summed E-state index contributed by atoms with van der Waals surface area (Å²) in [4.78, 5) is 27.0. The molecule has 7 nitrogen and oxygen atoms in total. The van der Waals surface area contributed by atoms with Gasteiger partial charge in [0, 0.05) is 39.0 Å². The molecule has 0 bridgehead atoms. The number of carbonyl (C=O) groups is 1. The Balaban J connectivity index is 1.52. The fourth-order valence-electron chi connectivity index (χ4n) is 4.80. The van der Waals surface area contributed by atoms with Crippen LogP contribution < -0.4 is 4.90 Å². The molecule has 0 aliphatic carbocycles. The van der Waals surface area contributed by atoms with Crippen molar-refractivity contribution >= 4 is 22.8 Å². The Morgan fingerprint density at radius 1 is 0.917 bits per heavy atom. The van der Waals surface area contributed by atoms with Gasteiger partial charge in [0.2, 0.25) is 5.91 Å². The lowest BCUT2D eigenvalue weighted by Crippen LogP contribution is -2.49. The molecular formula is C29H34N6O. The lowest BCUT2D eigenvalue weighted by molar-refractivity contribution is -0.131. The van der Waals surface area contributed by atoms with E-state index in [1.165, 1.54) is 11.1 Å². The van der Waals surface area contributed by atoms with E-state index in [0.717, 1.165) is 60.0 Å². The Kier molecular flexibility index (Phi) is 6.98. The fourth-order valence-corrected chi connectivity index (χ4v) is 4.80. The minimum Gasteiger partial charge on any atom is -0.352 e. The van der Waals surface area contributed by atoms with Crippen molar-refractivity contribution < 1.29 is 4.79 Å². The number of fused-ring (bicyclic) bond motifs is 1. The highest BCUT2D eigenvalue weighted by Gasteiger charge is 2.26. The zero-order valence-corrected chi connectivity index (χ0v) is 21.4. The van der Waals surface area contributed by atoms with Crippen molar-refractivity contribution in [3.8, 4) is 5.69 Å². The molecule has 0 atom stereocenters. The van der Waals surface area contributed by atoms with Crippen LogP contribution in [0.5, 0.6) is 0 Å². The molecular weight excluding hydrogens is 448 g/mol. The largest absolute Gasteiger partial charge is 0.352 e. The molecule has 1 fully saturated rings. The van der Waals surface area contributed by atoms with E-state index in [2.05, 4.69) is 43.0 Å². The molecule has 0 spiro atoms. The van der Waals surface area contributed by atoms with Gasteiger partial charge in [0.15, 0.2) is 5.65 Å². The summed E-state index contributed by atoms with van der Waals surface area (Å²) in [5, 5.41) is 5.86. The summed E-state index contributed by atoms with van der Waals surface area (Å²) in [6.45, 7) is 9.18. The number of aryl methyl sites for hydroxylation is 2. The zero-order chi connectivity index (χ0) is 25.1. The number of aromatic nitrogens is 4. The van der Waals surface area contributed by atoms with E-state index in [-0.39, 0.29) is 5.91 Å². The summed E-state index contributed by atoms with van der Waals surface area (Å²) in [6.07, 6.45) is 3.28. The van der Waals surface area contributed by atoms with Crippen LogP contribution in [0.2, 0.25) is 0 Å². The summed E-state index contributed by atoms with van der Waals surface area (Å²) in [7, 11) is 0. The third kappa shape index (κ3) is 4.96. The Bertz CT molecular complexity index is 1340. The van der Waals surface area contributed by atoms with E-state index in [1.54, 1.807) is 0 Å². The van der Waals surface area contributed by atoms with Crippen molar-refractivity contribution in [1.82, 2.24) is 24.6 Å². The van der Waals surface area contributed by atoms with E-state index in [1.807, 2.05) is 46.8 Å². The molecule has 1 aliphatic heterocycles. The third-order valence-corrected chi connectivity index (χ3v) is 6.89. The van der Waals surface area contributed by atoms with Crippen molar-refractivity contribution in [1.29, 1.82) is 0 Å². The third-order valence-electron chi connectivity index (χ3n) is 6.89. The van der Waals surface area contributed by atoms with Crippen LogP contribution in [-0.4, -0.2) is 56.7 Å². The SMILES string of the molecule is CCCCC(=O)N1CCN(c2nc(Cc3ccc(C)cc3)nc3c2c(C)nn3-c2ccccc2)CC1. The maximum atomic E-state index is 12.6. The van der Waals surface area contributed by atoms with Crippen molar-refractivity contribution in [2.45, 2.75) is 46.5 Å². The van der Waals surface area contributed by atoms with Crippen molar-refractivity contribution in [3.63, 3.8) is 0 Å². The molecule has 1 amide bonds. The van der Waals surface area contributed by atoms with Crippen LogP contribution in [0.4, 0.5) is 5.82 Å². The number of anilines is 1. The van der Waals surface area contributed by atoms with Gasteiger partial charge in [-0.1, -0.05) is 61.4 Å². The fraction of sp³-hybridized carbons (Fsp3) is 0.379. The Morgan fingerprint density at radius 2 is 1.64 bits per heavy atom. The van der Waals surface area contributed by atoms with Crippen LogP contribution in [0.15, 0.2) is 54.6 Å². The van der Waals surface area contributed by atoms with E-state index < -0.39 is 0 Å². The highest BCUT2D eigenvalue weighted by atomic mass is 16.2. The normalized spacial score (nSPS) is 14.0. The Hall–Kier alpha value is -3.74. The monoisotopic (exact) mass is 482 g/mol. The molecule has 2 aromatic heterocycles. The summed E-state index contributed by atoms with van der Waals surface area (Å²) in [5.74, 6) is 1.96. The number of rotatable bonds is 7. The summed E-state index contributed by atoms with van der Waals surface area (Å²) in [6, 6.07) is 18.7. The molecule has 186 valence electrons. The first-order valence-corrected chi connectivity index (χ1v) is 12.9. The number of nitrogens with zero attached hydrogens (tertiary/aromatic N) is 6. The van der Waals surface area contributed by atoms with Gasteiger partial charge in [0.25, 0.3) is 0 Å². The van der Waals surface area contributed by atoms with Gasteiger partial charge in [-0.15, -0.1) is 0 Å². The smallest absolute Gasteiger partial charge is 0.222 e. The number of benzene rings is 2. The van der Waals surface area contributed by atoms with Crippen LogP contribution in [0.3, 0.4) is 0 Å². The summed E-state index contributed by atoms with van der Waals surface area (Å²) < 4.78 is 1.93. The van der Waals surface area contributed by atoms with Gasteiger partial charge in [-0.2, -0.15) is 5.10 Å². The molecule has 1 saturated heterocycles. The predicted molar refractivity (Wildman–Crippen MR) is 144 cm³/mol. The molecule has 0 saturated carbocycles. The maximum absolute atomic E-state index is 12.6. The Labute approximate surface area is 212 Å². The van der Waals surface area contributed by atoms with Crippen LogP contribution in [-0.2, 0) is 11.2 Å². The van der Waals surface area contributed by atoms with Crippen LogP contribution in [0.1, 0.15) is 48.8 Å². The second kappa shape index (κ2) is 10.5. The molecule has 3 heterocycles. The van der Waals surface area contributed by atoms with Gasteiger partial charge < -0.3 is 9.80 Å². The topological polar surface area (TPSA) is 67.2 Å². The number of hydrogen-bond donors (Lipinski definition) is 0. The molecule has 2 aromatic carbocycles. The van der Waals surface area contributed by atoms with Crippen molar-refractivity contribution in [2.75, 3.05) is 31.1 Å². The Morgan fingerprint density at radius 3 is 2.33 bits per heavy atom. The van der Waals surface area contributed by atoms with E-state index in [4.69, 9.17) is 15.1 Å². The van der Waals surface area contributed by atoms with Gasteiger partial charge in [0.05, 0.1) is 16.8 Å². The van der Waals surface area contributed by atoms with E-state index in [9.17, 15) is 4.79 Å². The minimum atomic E-state index is 0.262. The molecule has 0 unspecified atom stereocenters. The van der Waals surface area contributed by atoms with Crippen LogP contribution >= 0.6 is 0 Å². The predicted octanol–water partition coefficient (Wildman–Crippen LogP) is 4.86. The maximum Gasteiger partial charge on any atom is 0.222 e. The molecule has 5 rings (SSSR count). The number of para-hydroxylation sites is 1. The van der Waals surface area contributed by atoms with Gasteiger partial charge in [-0.25, -0.2) is 14.6 Å². The van der Waals surface area contributed by atoms with Gasteiger partial charge in [-0.3, -0.25) is 4.79 Å². The molecule has 36 heavy (non-hydrogen) atoms. The first-order chi connectivity index (χ1) is 17.5. The quantitative estimate of drug-likeness (QED) is 0.376. The second-order valence-corrected chi connectivity index (χ2v) is 9.63. The second-order valence-electron chi connectivity index (χ2n) is 9.63. The van der Waals surface area contributed by atoms with Gasteiger partial charge >= 0.3 is 0 Å². The zero-order valence-electron chi connectivity index (χ0n) is 21.4. The first kappa shape index (κ1) is 24.0. The highest BCUT2D eigenvalue weighted by Crippen LogP contribution is 2.30. The number of hydrogen-bond acceptors (Lipinski definition) is 5. The lowest BCUT2D eigenvalue weighted by atomic mass is 10.1. The summed E-state index contributed by atoms with van der Waals surface area (Å²) >= 11 is 0. The molecule has 7 heteroatoms. The van der Waals surface area contributed by atoms with Gasteiger partial charge in [0.1, 0.15) is 11.6 Å². The average Bonchev–Trinajstić information content (AvgIpc) is 3.25. The molecule has 1 aliphatic rings. The van der Waals surface area contributed by atoms with Gasteiger partial charge in [-0.05, 0) is 38.0 Å². The average molecular weight is 483 g/mol. The lowest BCUT2D eigenvalue weighted by Gasteiger charge is -2.36. The minimum absolute atomic E-state index is 0.262. The van der Waals surface area contributed by atoms with Crippen molar-refractivity contribution in [3.05, 3.63) is 77.2 Å². The van der Waals surface area contributed by atoms with Crippen LogP contribution in [0.25, 0.3) is 16.7 Å². The number of unbranched alkanes of at least 4 members (excludes halogenated alkanes) is 1. The highest BCUT2D eigenvalue weighted by molar-refractivity contribution is 5.91. The number of amides is 1. The molecule has 0 N–H and O–H groups in total. The first-order valence-electron chi connectivity index (χ1n) is 12.9. The van der Waals surface area contributed by atoms with Crippen molar-refractivity contribution in [2.24, 2.45) is 0 Å². The number of piperazine rings is 1. The van der Waals surface area contributed by atoms with Crippen LogP contribution in [0, 0.1) is 13.8 Å². The van der Waals surface area contributed by atoms with E-state index >= 15 is 0 Å². The summed E-state index contributed by atoms with van der Waals surface area (Å²) in [5.41, 5.74) is 5.13. The standard InChI is InChI=1S/C29H34N6O/c1-4-5-11-26(36)33-16-18-34(19-17-33)28-27-22(3)32-35(24-9-7-6-8-10-24)29(27)31-25(30-28)20-23-14-12-21(2)13-15-23/h6-10,12-15H,4-5,11,16-20H2,1-3H3. The molecule has 0 radical (unpaired) electrons. The van der Waals surface area contributed by atoms with E-state index in [0.29, 0.717) is 25.9 Å².